The van der Waals surface area contributed by atoms with Gasteiger partial charge in [0.1, 0.15) is 6.04 Å². The molecule has 9 nitrogen and oxygen atoms in total. The summed E-state index contributed by atoms with van der Waals surface area (Å²) in [5, 5.41) is 15.5. The fourth-order valence-electron chi connectivity index (χ4n) is 4.59. The highest BCUT2D eigenvalue weighted by Crippen LogP contribution is 2.50. The summed E-state index contributed by atoms with van der Waals surface area (Å²) >= 11 is 0. The van der Waals surface area contributed by atoms with Gasteiger partial charge in [-0.05, 0) is 74.0 Å². The molecule has 0 saturated carbocycles. The second-order valence-electron chi connectivity index (χ2n) is 8.55. The number of ether oxygens (including phenoxy) is 3. The van der Waals surface area contributed by atoms with E-state index in [0.717, 1.165) is 35.1 Å². The lowest BCUT2D eigenvalue weighted by molar-refractivity contribution is -0.138. The Bertz CT molecular complexity index is 1120. The Kier molecular flexibility index (Phi) is 8.95. The average Bonchev–Trinajstić information content (AvgIpc) is 3.10. The molecule has 0 unspecified atom stereocenters. The van der Waals surface area contributed by atoms with Crippen molar-refractivity contribution in [3.8, 4) is 28.4 Å². The van der Waals surface area contributed by atoms with Crippen molar-refractivity contribution in [2.75, 3.05) is 40.2 Å². The fraction of sp³-hybridized carbons (Fsp3) is 0.462. The first-order valence-corrected chi connectivity index (χ1v) is 11.8. The highest BCUT2D eigenvalue weighted by atomic mass is 16.5. The van der Waals surface area contributed by atoms with Crippen LogP contribution in [0.3, 0.4) is 0 Å². The van der Waals surface area contributed by atoms with Crippen molar-refractivity contribution >= 4 is 11.7 Å². The van der Waals surface area contributed by atoms with Crippen LogP contribution in [0.15, 0.2) is 29.1 Å². The van der Waals surface area contributed by atoms with Crippen LogP contribution in [0.25, 0.3) is 11.1 Å². The molecule has 0 bridgehead atoms. The third-order valence-corrected chi connectivity index (χ3v) is 6.46. The summed E-state index contributed by atoms with van der Waals surface area (Å²) in [6, 6.07) is 6.52. The smallest absolute Gasteiger partial charge is 0.320 e. The topological polar surface area (TPSA) is 132 Å². The van der Waals surface area contributed by atoms with Gasteiger partial charge in [-0.1, -0.05) is 6.07 Å². The summed E-state index contributed by atoms with van der Waals surface area (Å²) in [5.74, 6) is 0.681. The number of nitrogens with two attached hydrogens (primary N) is 1. The molecule has 1 aliphatic carbocycles. The summed E-state index contributed by atoms with van der Waals surface area (Å²) in [6.07, 6.45) is 3.31. The Hall–Kier alpha value is -3.30. The summed E-state index contributed by atoms with van der Waals surface area (Å²) in [7, 11) is 6.67. The molecule has 2 atom stereocenters. The second-order valence-corrected chi connectivity index (χ2v) is 8.55. The predicted molar refractivity (Wildman–Crippen MR) is 136 cm³/mol. The molecule has 0 aromatic heterocycles. The third kappa shape index (κ3) is 5.68. The van der Waals surface area contributed by atoms with E-state index in [1.165, 1.54) is 0 Å². The Labute approximate surface area is 205 Å². The van der Waals surface area contributed by atoms with Crippen LogP contribution in [0.5, 0.6) is 17.2 Å². The molecule has 0 aliphatic heterocycles. The number of aryl methyl sites for hydroxylation is 1. The highest BCUT2D eigenvalue weighted by molar-refractivity contribution is 5.83. The van der Waals surface area contributed by atoms with Crippen LogP contribution in [0.4, 0.5) is 5.69 Å². The van der Waals surface area contributed by atoms with Gasteiger partial charge in [-0.3, -0.25) is 9.59 Å². The Morgan fingerprint density at radius 1 is 1.14 bits per heavy atom. The van der Waals surface area contributed by atoms with Crippen LogP contribution >= 0.6 is 0 Å². The molecule has 190 valence electrons. The lowest BCUT2D eigenvalue weighted by atomic mass is 9.95. The summed E-state index contributed by atoms with van der Waals surface area (Å²) in [5.41, 5.74) is 9.66. The predicted octanol–water partition coefficient (Wildman–Crippen LogP) is 2.94. The molecule has 0 amide bonds. The number of fused-ring (bicyclic) bond motifs is 3. The Morgan fingerprint density at radius 2 is 1.89 bits per heavy atom. The normalized spacial score (nSPS) is 15.3. The molecule has 9 heteroatoms. The van der Waals surface area contributed by atoms with Gasteiger partial charge in [-0.2, -0.15) is 0 Å². The van der Waals surface area contributed by atoms with E-state index in [1.807, 2.05) is 19.2 Å². The highest BCUT2D eigenvalue weighted by Gasteiger charge is 2.28. The summed E-state index contributed by atoms with van der Waals surface area (Å²) in [4.78, 5) is 24.0. The molecular weight excluding hydrogens is 450 g/mol. The fourth-order valence-corrected chi connectivity index (χ4v) is 4.59. The van der Waals surface area contributed by atoms with Gasteiger partial charge >= 0.3 is 5.97 Å². The van der Waals surface area contributed by atoms with E-state index in [1.54, 1.807) is 33.5 Å². The van der Waals surface area contributed by atoms with Crippen molar-refractivity contribution in [2.45, 2.75) is 44.2 Å². The minimum atomic E-state index is -1.000. The van der Waals surface area contributed by atoms with Crippen LogP contribution < -0.4 is 36.0 Å². The van der Waals surface area contributed by atoms with E-state index in [-0.39, 0.29) is 11.5 Å². The van der Waals surface area contributed by atoms with Gasteiger partial charge in [0, 0.05) is 18.2 Å². The van der Waals surface area contributed by atoms with Crippen molar-refractivity contribution in [2.24, 2.45) is 5.73 Å². The minimum Gasteiger partial charge on any atom is -0.493 e. The van der Waals surface area contributed by atoms with Crippen molar-refractivity contribution in [1.82, 2.24) is 5.32 Å². The molecule has 1 aliphatic rings. The zero-order chi connectivity index (χ0) is 25.5. The Balaban J connectivity index is 2.01. The Morgan fingerprint density at radius 3 is 2.51 bits per heavy atom. The molecule has 0 spiro atoms. The number of benzene rings is 1. The zero-order valence-corrected chi connectivity index (χ0v) is 20.8. The number of anilines is 1. The van der Waals surface area contributed by atoms with Crippen molar-refractivity contribution in [1.29, 1.82) is 0 Å². The summed E-state index contributed by atoms with van der Waals surface area (Å²) < 4.78 is 17.0. The number of hydrogen-bond donors (Lipinski definition) is 4. The van der Waals surface area contributed by atoms with E-state index < -0.39 is 12.0 Å². The number of carboxylic acid groups (broad SMARTS) is 1. The van der Waals surface area contributed by atoms with Gasteiger partial charge < -0.3 is 35.7 Å². The van der Waals surface area contributed by atoms with E-state index in [9.17, 15) is 9.59 Å². The number of aliphatic carboxylic acids is 1. The molecule has 35 heavy (non-hydrogen) atoms. The maximum Gasteiger partial charge on any atom is 0.320 e. The summed E-state index contributed by atoms with van der Waals surface area (Å²) in [6.45, 7) is 0.538. The monoisotopic (exact) mass is 485 g/mol. The molecule has 0 fully saturated rings. The van der Waals surface area contributed by atoms with Gasteiger partial charge in [0.25, 0.3) is 0 Å². The van der Waals surface area contributed by atoms with Crippen molar-refractivity contribution < 1.29 is 24.1 Å². The van der Waals surface area contributed by atoms with E-state index in [2.05, 4.69) is 10.6 Å². The molecule has 2 aromatic carbocycles. The van der Waals surface area contributed by atoms with E-state index in [0.29, 0.717) is 48.7 Å². The average molecular weight is 486 g/mol. The molecule has 2 aromatic rings. The molecular formula is C26H35N3O6. The van der Waals surface area contributed by atoms with E-state index in [4.69, 9.17) is 25.1 Å². The van der Waals surface area contributed by atoms with Crippen LogP contribution in [0.1, 0.15) is 42.9 Å². The first-order chi connectivity index (χ1) is 16.9. The number of hydrogen-bond acceptors (Lipinski definition) is 8. The van der Waals surface area contributed by atoms with Crippen LogP contribution in [-0.4, -0.2) is 52.0 Å². The molecule has 3 rings (SSSR count). The van der Waals surface area contributed by atoms with Crippen LogP contribution in [0, 0.1) is 0 Å². The number of unbranched alkanes of at least 4 members (excludes halogenated alkanes) is 1. The SMILES string of the molecule is CN[C@H]1CCc2cc(OC)c(OC)c(OC)c2-c2ccc(NCCCC[C@H](N)C(=O)O)c(=O)cc21. The molecule has 0 saturated heterocycles. The van der Waals surface area contributed by atoms with Gasteiger partial charge in [0.2, 0.25) is 11.2 Å². The largest absolute Gasteiger partial charge is 0.493 e. The number of methoxy groups -OCH3 is 3. The first kappa shape index (κ1) is 26.3. The van der Waals surface area contributed by atoms with Crippen LogP contribution in [0.2, 0.25) is 0 Å². The maximum absolute atomic E-state index is 13.2. The number of nitrogens with one attached hydrogen (secondary N) is 2. The minimum absolute atomic E-state index is 0.0236. The maximum atomic E-state index is 13.2. The van der Waals surface area contributed by atoms with E-state index >= 15 is 0 Å². The number of carbonyl (C=O) groups is 1. The van der Waals surface area contributed by atoms with Crippen molar-refractivity contribution in [3.63, 3.8) is 0 Å². The standard InChI is InChI=1S/C26H35N3O6/c1-28-19-10-8-15-13-22(33-2)24(34-3)25(35-4)23(15)16-9-11-20(21(30)14-17(16)19)29-12-6-5-7-18(27)26(31)32/h9,11,13-14,18-19,28H,5-8,10,12,27H2,1-4H3,(H,29,30)(H,31,32)/t18-,19-/m0/s1. The lowest BCUT2D eigenvalue weighted by Gasteiger charge is -2.19. The second kappa shape index (κ2) is 11.9. The molecule has 0 heterocycles. The van der Waals surface area contributed by atoms with Crippen molar-refractivity contribution in [3.05, 3.63) is 45.6 Å². The lowest BCUT2D eigenvalue weighted by Crippen LogP contribution is -2.29. The quantitative estimate of drug-likeness (QED) is 0.355. The molecule has 5 N–H and O–H groups in total. The van der Waals surface area contributed by atoms with Crippen LogP contribution in [-0.2, 0) is 11.2 Å². The third-order valence-electron chi connectivity index (χ3n) is 6.46. The first-order valence-electron chi connectivity index (χ1n) is 11.8. The zero-order valence-electron chi connectivity index (χ0n) is 20.8. The number of carboxylic acids is 1. The van der Waals surface area contributed by atoms with Gasteiger partial charge in [-0.15, -0.1) is 0 Å². The van der Waals surface area contributed by atoms with Gasteiger partial charge in [0.15, 0.2) is 11.5 Å². The van der Waals surface area contributed by atoms with Gasteiger partial charge in [0.05, 0.1) is 27.0 Å². The van der Waals surface area contributed by atoms with Gasteiger partial charge in [-0.25, -0.2) is 0 Å². The number of rotatable bonds is 11. The molecule has 0 radical (unpaired) electrons.